The molecule has 1 aromatic carbocycles. The molecule has 1 aromatic rings. The summed E-state index contributed by atoms with van der Waals surface area (Å²) in [6, 6.07) is 1.92. The molecular weight excluding hydrogens is 317 g/mol. The second-order valence-electron chi connectivity index (χ2n) is 5.59. The van der Waals surface area contributed by atoms with E-state index in [9.17, 15) is 17.6 Å². The Balaban J connectivity index is 2.23. The van der Waals surface area contributed by atoms with Gasteiger partial charge in [0.25, 0.3) is 15.0 Å². The third-order valence-electron chi connectivity index (χ3n) is 3.53. The molecule has 0 bridgehead atoms. The summed E-state index contributed by atoms with van der Waals surface area (Å²) >= 11 is 0. The number of hydrogen-bond donors (Lipinski definition) is 1. The molecule has 1 N–H and O–H groups in total. The Morgan fingerprint density at radius 1 is 1.48 bits per heavy atom. The van der Waals surface area contributed by atoms with Crippen molar-refractivity contribution in [2.75, 3.05) is 0 Å². The molecule has 1 aliphatic carbocycles. The highest BCUT2D eigenvalue weighted by atomic mass is 35.7. The Morgan fingerprint density at radius 2 is 2.10 bits per heavy atom. The molecule has 0 aromatic heterocycles. The van der Waals surface area contributed by atoms with Crippen molar-refractivity contribution >= 4 is 25.6 Å². The maximum absolute atomic E-state index is 13.9. The van der Waals surface area contributed by atoms with Crippen LogP contribution in [0.2, 0.25) is 0 Å². The normalized spacial score (nSPS) is 16.6. The highest BCUT2D eigenvalue weighted by molar-refractivity contribution is 8.13. The van der Waals surface area contributed by atoms with Crippen LogP contribution in [-0.4, -0.2) is 20.4 Å². The van der Waals surface area contributed by atoms with E-state index in [2.05, 4.69) is 5.32 Å². The van der Waals surface area contributed by atoms with Crippen LogP contribution in [0.1, 0.15) is 42.1 Å². The lowest BCUT2D eigenvalue weighted by Crippen LogP contribution is -2.33. The van der Waals surface area contributed by atoms with Gasteiger partial charge >= 0.3 is 0 Å². The summed E-state index contributed by atoms with van der Waals surface area (Å²) in [4.78, 5) is 11.8. The first-order valence-corrected chi connectivity index (χ1v) is 9.05. The molecule has 0 radical (unpaired) electrons. The highest BCUT2D eigenvalue weighted by Gasteiger charge is 2.26. The molecular formula is C14H17ClFNO3S. The van der Waals surface area contributed by atoms with E-state index in [1.807, 2.05) is 6.92 Å². The minimum Gasteiger partial charge on any atom is -0.349 e. The zero-order valence-electron chi connectivity index (χ0n) is 11.8. The van der Waals surface area contributed by atoms with Gasteiger partial charge in [-0.15, -0.1) is 0 Å². The number of halogens is 2. The Labute approximate surface area is 128 Å². The minimum atomic E-state index is -4.02. The van der Waals surface area contributed by atoms with Crippen LogP contribution in [0.4, 0.5) is 4.39 Å². The SMILES string of the molecule is Cc1cc(F)c(C(=O)NC(C)CC2CC2)cc1S(=O)(=O)Cl. The Kier molecular flexibility index (Phi) is 4.58. The van der Waals surface area contributed by atoms with E-state index in [1.54, 1.807) is 0 Å². The summed E-state index contributed by atoms with van der Waals surface area (Å²) in [7, 11) is 1.28. The number of carbonyl (C=O) groups excluding carboxylic acids is 1. The molecule has 2 rings (SSSR count). The van der Waals surface area contributed by atoms with Crippen molar-refractivity contribution < 1.29 is 17.6 Å². The summed E-state index contributed by atoms with van der Waals surface area (Å²) in [5, 5.41) is 2.69. The van der Waals surface area contributed by atoms with Crippen LogP contribution in [0.15, 0.2) is 17.0 Å². The number of aryl methyl sites for hydroxylation is 1. The van der Waals surface area contributed by atoms with E-state index in [4.69, 9.17) is 10.7 Å². The zero-order valence-corrected chi connectivity index (χ0v) is 13.4. The van der Waals surface area contributed by atoms with Crippen LogP contribution in [0.25, 0.3) is 0 Å². The minimum absolute atomic E-state index is 0.0817. The first-order valence-electron chi connectivity index (χ1n) is 6.74. The predicted molar refractivity (Wildman–Crippen MR) is 78.4 cm³/mol. The van der Waals surface area contributed by atoms with E-state index < -0.39 is 20.8 Å². The van der Waals surface area contributed by atoms with Gasteiger partial charge in [-0.1, -0.05) is 12.8 Å². The highest BCUT2D eigenvalue weighted by Crippen LogP contribution is 2.33. The predicted octanol–water partition coefficient (Wildman–Crippen LogP) is 2.98. The van der Waals surface area contributed by atoms with Gasteiger partial charge < -0.3 is 5.32 Å². The van der Waals surface area contributed by atoms with Gasteiger partial charge in [0.2, 0.25) is 0 Å². The lowest BCUT2D eigenvalue weighted by atomic mass is 10.1. The zero-order chi connectivity index (χ0) is 15.8. The number of rotatable bonds is 5. The standard InChI is InChI=1S/C14H17ClFNO3S/c1-8-5-12(16)11(7-13(8)21(15,19)20)14(18)17-9(2)6-10-3-4-10/h5,7,9-10H,3-4,6H2,1-2H3,(H,17,18). The fraction of sp³-hybridized carbons (Fsp3) is 0.500. The molecule has 1 saturated carbocycles. The van der Waals surface area contributed by atoms with Crippen molar-refractivity contribution in [2.24, 2.45) is 5.92 Å². The Hall–Kier alpha value is -1.14. The Bertz CT molecular complexity index is 671. The van der Waals surface area contributed by atoms with E-state index in [0.29, 0.717) is 5.92 Å². The molecule has 1 aliphatic rings. The maximum atomic E-state index is 13.9. The fourth-order valence-corrected chi connectivity index (χ4v) is 3.50. The van der Waals surface area contributed by atoms with Gasteiger partial charge in [0.05, 0.1) is 10.5 Å². The van der Waals surface area contributed by atoms with Crippen LogP contribution in [-0.2, 0) is 9.05 Å². The number of nitrogens with one attached hydrogen (secondary N) is 1. The molecule has 116 valence electrons. The summed E-state index contributed by atoms with van der Waals surface area (Å²) in [6.07, 6.45) is 3.17. The largest absolute Gasteiger partial charge is 0.349 e. The first kappa shape index (κ1) is 16.2. The van der Waals surface area contributed by atoms with Crippen molar-refractivity contribution in [1.82, 2.24) is 5.32 Å². The number of carbonyl (C=O) groups is 1. The van der Waals surface area contributed by atoms with E-state index in [0.717, 1.165) is 31.4 Å². The second-order valence-corrected chi connectivity index (χ2v) is 8.12. The second kappa shape index (κ2) is 5.93. The molecule has 1 unspecified atom stereocenters. The number of benzene rings is 1. The van der Waals surface area contributed by atoms with Gasteiger partial charge in [-0.2, -0.15) is 0 Å². The van der Waals surface area contributed by atoms with E-state index in [-0.39, 0.29) is 22.1 Å². The van der Waals surface area contributed by atoms with Gasteiger partial charge in [0, 0.05) is 16.7 Å². The van der Waals surface area contributed by atoms with Crippen molar-refractivity contribution in [3.8, 4) is 0 Å². The number of hydrogen-bond acceptors (Lipinski definition) is 3. The lowest BCUT2D eigenvalue weighted by Gasteiger charge is -2.14. The molecule has 4 nitrogen and oxygen atoms in total. The molecule has 0 saturated heterocycles. The molecule has 0 heterocycles. The third kappa shape index (κ3) is 4.17. The topological polar surface area (TPSA) is 63.2 Å². The molecule has 0 spiro atoms. The summed E-state index contributed by atoms with van der Waals surface area (Å²) in [5.41, 5.74) is -0.132. The van der Waals surface area contributed by atoms with Gasteiger partial charge in [0.1, 0.15) is 5.82 Å². The van der Waals surface area contributed by atoms with Crippen LogP contribution in [0.3, 0.4) is 0 Å². The quantitative estimate of drug-likeness (QED) is 0.842. The van der Waals surface area contributed by atoms with Crippen molar-refractivity contribution in [1.29, 1.82) is 0 Å². The molecule has 0 aliphatic heterocycles. The first-order chi connectivity index (χ1) is 9.68. The summed E-state index contributed by atoms with van der Waals surface area (Å²) in [5.74, 6) is -0.753. The van der Waals surface area contributed by atoms with Crippen molar-refractivity contribution in [3.63, 3.8) is 0 Å². The van der Waals surface area contributed by atoms with Crippen LogP contribution in [0.5, 0.6) is 0 Å². The van der Waals surface area contributed by atoms with E-state index in [1.165, 1.54) is 6.92 Å². The van der Waals surface area contributed by atoms with Crippen LogP contribution in [0, 0.1) is 18.7 Å². The van der Waals surface area contributed by atoms with Gasteiger partial charge in [-0.05, 0) is 43.9 Å². The summed E-state index contributed by atoms with van der Waals surface area (Å²) in [6.45, 7) is 3.28. The molecule has 1 amide bonds. The van der Waals surface area contributed by atoms with Crippen molar-refractivity contribution in [3.05, 3.63) is 29.1 Å². The molecule has 1 fully saturated rings. The number of amides is 1. The van der Waals surface area contributed by atoms with Gasteiger partial charge in [-0.25, -0.2) is 12.8 Å². The van der Waals surface area contributed by atoms with Gasteiger partial charge in [-0.3, -0.25) is 4.79 Å². The van der Waals surface area contributed by atoms with Crippen LogP contribution >= 0.6 is 10.7 Å². The average Bonchev–Trinajstić information content (AvgIpc) is 3.10. The van der Waals surface area contributed by atoms with Gasteiger partial charge in [0.15, 0.2) is 0 Å². The maximum Gasteiger partial charge on any atom is 0.261 e. The Morgan fingerprint density at radius 3 is 2.62 bits per heavy atom. The average molecular weight is 334 g/mol. The molecule has 1 atom stereocenters. The smallest absolute Gasteiger partial charge is 0.261 e. The monoisotopic (exact) mass is 333 g/mol. The van der Waals surface area contributed by atoms with Crippen molar-refractivity contribution in [2.45, 2.75) is 44.0 Å². The molecule has 7 heteroatoms. The van der Waals surface area contributed by atoms with E-state index >= 15 is 0 Å². The van der Waals surface area contributed by atoms with Crippen LogP contribution < -0.4 is 5.32 Å². The summed E-state index contributed by atoms with van der Waals surface area (Å²) < 4.78 is 36.7. The third-order valence-corrected chi connectivity index (χ3v) is 5.00. The molecule has 21 heavy (non-hydrogen) atoms. The lowest BCUT2D eigenvalue weighted by molar-refractivity contribution is 0.0933. The fourth-order valence-electron chi connectivity index (χ4n) is 2.30.